The molecule has 0 aromatic heterocycles. The van der Waals surface area contributed by atoms with Crippen LogP contribution in [0.1, 0.15) is 26.2 Å². The minimum atomic E-state index is -0.01000. The van der Waals surface area contributed by atoms with E-state index in [2.05, 4.69) is 5.32 Å². The number of amides is 2. The Morgan fingerprint density at radius 1 is 1.36 bits per heavy atom. The first-order valence-corrected chi connectivity index (χ1v) is 5.13. The number of nitrogens with zero attached hydrogens (tertiary/aromatic N) is 1. The van der Waals surface area contributed by atoms with E-state index in [0.29, 0.717) is 31.7 Å². The van der Waals surface area contributed by atoms with Crippen LogP contribution in [0.3, 0.4) is 0 Å². The topological polar surface area (TPSA) is 49.4 Å². The Balaban J connectivity index is 2.47. The normalized spacial score (nSPS) is 20.0. The van der Waals surface area contributed by atoms with Crippen molar-refractivity contribution in [3.8, 4) is 0 Å². The van der Waals surface area contributed by atoms with Crippen LogP contribution in [0.4, 0.5) is 0 Å². The number of hydrogen-bond donors (Lipinski definition) is 1. The summed E-state index contributed by atoms with van der Waals surface area (Å²) in [4.78, 5) is 24.3. The third kappa shape index (κ3) is 2.80. The smallest absolute Gasteiger partial charge is 0.229 e. The van der Waals surface area contributed by atoms with Gasteiger partial charge in [-0.3, -0.25) is 14.5 Å². The molecule has 1 aliphatic heterocycles. The summed E-state index contributed by atoms with van der Waals surface area (Å²) in [5, 5.41) is 3.04. The molecule has 0 radical (unpaired) electrons. The summed E-state index contributed by atoms with van der Waals surface area (Å²) >= 11 is 0. The van der Waals surface area contributed by atoms with Crippen molar-refractivity contribution in [1.29, 1.82) is 0 Å². The number of likely N-dealkylation sites (tertiary alicyclic amines) is 1. The zero-order valence-corrected chi connectivity index (χ0v) is 8.88. The SMILES string of the molecule is CNCC(C)CN1C(=O)CCCC1=O. The van der Waals surface area contributed by atoms with Gasteiger partial charge >= 0.3 is 0 Å². The minimum Gasteiger partial charge on any atom is -0.319 e. The largest absolute Gasteiger partial charge is 0.319 e. The Labute approximate surface area is 84.7 Å². The molecule has 1 unspecified atom stereocenters. The highest BCUT2D eigenvalue weighted by Gasteiger charge is 2.26. The van der Waals surface area contributed by atoms with E-state index in [1.165, 1.54) is 4.90 Å². The first-order valence-electron chi connectivity index (χ1n) is 5.13. The van der Waals surface area contributed by atoms with Gasteiger partial charge < -0.3 is 5.32 Å². The molecule has 1 fully saturated rings. The summed E-state index contributed by atoms with van der Waals surface area (Å²) < 4.78 is 0. The van der Waals surface area contributed by atoms with Crippen LogP contribution in [-0.4, -0.2) is 36.9 Å². The fraction of sp³-hybridized carbons (Fsp3) is 0.800. The van der Waals surface area contributed by atoms with E-state index in [0.717, 1.165) is 6.54 Å². The van der Waals surface area contributed by atoms with Crippen LogP contribution in [0.25, 0.3) is 0 Å². The standard InChI is InChI=1S/C10H18N2O2/c1-8(6-11-2)7-12-9(13)4-3-5-10(12)14/h8,11H,3-7H2,1-2H3. The fourth-order valence-electron chi connectivity index (χ4n) is 1.73. The van der Waals surface area contributed by atoms with E-state index in [1.54, 1.807) is 0 Å². The van der Waals surface area contributed by atoms with Gasteiger partial charge in [0.05, 0.1) is 0 Å². The predicted molar refractivity (Wildman–Crippen MR) is 53.7 cm³/mol. The molecule has 1 saturated heterocycles. The molecule has 14 heavy (non-hydrogen) atoms. The molecule has 4 nitrogen and oxygen atoms in total. The van der Waals surface area contributed by atoms with E-state index < -0.39 is 0 Å². The zero-order valence-electron chi connectivity index (χ0n) is 8.88. The predicted octanol–water partition coefficient (Wildman–Crippen LogP) is 0.381. The second kappa shape index (κ2) is 5.10. The molecular formula is C10H18N2O2. The van der Waals surface area contributed by atoms with Gasteiger partial charge in [0, 0.05) is 19.4 Å². The van der Waals surface area contributed by atoms with Crippen molar-refractivity contribution in [2.45, 2.75) is 26.2 Å². The second-order valence-electron chi connectivity index (χ2n) is 3.91. The Morgan fingerprint density at radius 2 is 1.93 bits per heavy atom. The molecule has 1 heterocycles. The van der Waals surface area contributed by atoms with Gasteiger partial charge in [-0.25, -0.2) is 0 Å². The maximum absolute atomic E-state index is 11.4. The quantitative estimate of drug-likeness (QED) is 0.664. The summed E-state index contributed by atoms with van der Waals surface area (Å²) in [5.41, 5.74) is 0. The number of carbonyl (C=O) groups is 2. The third-order valence-corrected chi connectivity index (χ3v) is 2.43. The van der Waals surface area contributed by atoms with Gasteiger partial charge in [0.1, 0.15) is 0 Å². The van der Waals surface area contributed by atoms with Crippen molar-refractivity contribution in [1.82, 2.24) is 10.2 Å². The van der Waals surface area contributed by atoms with Crippen LogP contribution in [0.2, 0.25) is 0 Å². The van der Waals surface area contributed by atoms with Gasteiger partial charge in [-0.1, -0.05) is 6.92 Å². The first-order chi connectivity index (χ1) is 6.65. The highest BCUT2D eigenvalue weighted by molar-refractivity contribution is 5.97. The van der Waals surface area contributed by atoms with Crippen LogP contribution in [0.15, 0.2) is 0 Å². The average molecular weight is 198 g/mol. The van der Waals surface area contributed by atoms with E-state index in [4.69, 9.17) is 0 Å². The summed E-state index contributed by atoms with van der Waals surface area (Å²) in [5.74, 6) is 0.305. The molecule has 1 atom stereocenters. The lowest BCUT2D eigenvalue weighted by Crippen LogP contribution is -2.43. The highest BCUT2D eigenvalue weighted by Crippen LogP contribution is 2.13. The number of imide groups is 1. The summed E-state index contributed by atoms with van der Waals surface area (Å²) in [7, 11) is 1.87. The van der Waals surface area contributed by atoms with Crippen molar-refractivity contribution in [2.24, 2.45) is 5.92 Å². The van der Waals surface area contributed by atoms with Gasteiger partial charge in [-0.15, -0.1) is 0 Å². The highest BCUT2D eigenvalue weighted by atomic mass is 16.2. The zero-order chi connectivity index (χ0) is 10.6. The van der Waals surface area contributed by atoms with Crippen molar-refractivity contribution in [3.63, 3.8) is 0 Å². The fourth-order valence-corrected chi connectivity index (χ4v) is 1.73. The lowest BCUT2D eigenvalue weighted by atomic mass is 10.1. The Bertz CT molecular complexity index is 212. The van der Waals surface area contributed by atoms with Crippen LogP contribution < -0.4 is 5.32 Å². The molecule has 0 aromatic rings. The molecule has 0 spiro atoms. The van der Waals surface area contributed by atoms with Crippen molar-refractivity contribution in [3.05, 3.63) is 0 Å². The molecule has 0 aliphatic carbocycles. The van der Waals surface area contributed by atoms with E-state index in [1.807, 2.05) is 14.0 Å². The number of carbonyl (C=O) groups excluding carboxylic acids is 2. The lowest BCUT2D eigenvalue weighted by molar-refractivity contribution is -0.148. The Morgan fingerprint density at radius 3 is 2.43 bits per heavy atom. The molecule has 80 valence electrons. The Kier molecular flexibility index (Phi) is 4.07. The van der Waals surface area contributed by atoms with Crippen molar-refractivity contribution in [2.75, 3.05) is 20.1 Å². The molecule has 0 bridgehead atoms. The van der Waals surface area contributed by atoms with Gasteiger partial charge in [0.2, 0.25) is 11.8 Å². The molecule has 1 N–H and O–H groups in total. The van der Waals surface area contributed by atoms with Crippen molar-refractivity contribution < 1.29 is 9.59 Å². The van der Waals surface area contributed by atoms with Gasteiger partial charge in [-0.2, -0.15) is 0 Å². The van der Waals surface area contributed by atoms with Crippen LogP contribution in [0.5, 0.6) is 0 Å². The van der Waals surface area contributed by atoms with E-state index in [-0.39, 0.29) is 11.8 Å². The summed E-state index contributed by atoms with van der Waals surface area (Å²) in [6.45, 7) is 3.42. The van der Waals surface area contributed by atoms with Crippen LogP contribution in [0, 0.1) is 5.92 Å². The minimum absolute atomic E-state index is 0.01000. The monoisotopic (exact) mass is 198 g/mol. The maximum atomic E-state index is 11.4. The van der Waals surface area contributed by atoms with Gasteiger partial charge in [0.15, 0.2) is 0 Å². The van der Waals surface area contributed by atoms with Crippen molar-refractivity contribution >= 4 is 11.8 Å². The van der Waals surface area contributed by atoms with Crippen LogP contribution in [-0.2, 0) is 9.59 Å². The van der Waals surface area contributed by atoms with E-state index >= 15 is 0 Å². The third-order valence-electron chi connectivity index (χ3n) is 2.43. The average Bonchev–Trinajstić information content (AvgIpc) is 2.12. The molecule has 1 aliphatic rings. The summed E-state index contributed by atoms with van der Waals surface area (Å²) in [6.07, 6.45) is 1.77. The number of piperidine rings is 1. The molecule has 0 saturated carbocycles. The molecular weight excluding hydrogens is 180 g/mol. The first kappa shape index (κ1) is 11.2. The lowest BCUT2D eigenvalue weighted by Gasteiger charge is -2.27. The van der Waals surface area contributed by atoms with E-state index in [9.17, 15) is 9.59 Å². The van der Waals surface area contributed by atoms with Gasteiger partial charge in [0.25, 0.3) is 0 Å². The molecule has 4 heteroatoms. The number of nitrogens with one attached hydrogen (secondary N) is 1. The number of rotatable bonds is 4. The molecule has 2 amide bonds. The molecule has 0 aromatic carbocycles. The van der Waals surface area contributed by atoms with Gasteiger partial charge in [-0.05, 0) is 25.9 Å². The Hall–Kier alpha value is -0.900. The molecule has 1 rings (SSSR count). The summed E-state index contributed by atoms with van der Waals surface area (Å²) in [6, 6.07) is 0. The number of hydrogen-bond acceptors (Lipinski definition) is 3. The maximum Gasteiger partial charge on any atom is 0.229 e. The van der Waals surface area contributed by atoms with Crippen LogP contribution >= 0.6 is 0 Å². The second-order valence-corrected chi connectivity index (χ2v) is 3.91.